The Balaban J connectivity index is 2.08. The highest BCUT2D eigenvalue weighted by Crippen LogP contribution is 2.15. The van der Waals surface area contributed by atoms with Crippen molar-refractivity contribution in [3.05, 3.63) is 53.5 Å². The zero-order chi connectivity index (χ0) is 14.4. The second-order valence-corrected chi connectivity index (χ2v) is 4.15. The lowest BCUT2D eigenvalue weighted by molar-refractivity contribution is 0.102. The summed E-state index contributed by atoms with van der Waals surface area (Å²) >= 11 is 0. The predicted octanol–water partition coefficient (Wildman–Crippen LogP) is 2.40. The molecule has 0 aliphatic carbocycles. The van der Waals surface area contributed by atoms with Crippen molar-refractivity contribution < 1.29 is 9.21 Å². The zero-order valence-electron chi connectivity index (χ0n) is 11.3. The van der Waals surface area contributed by atoms with Gasteiger partial charge in [0.15, 0.2) is 0 Å². The average Bonchev–Trinajstić information content (AvgIpc) is 2.95. The van der Waals surface area contributed by atoms with Crippen LogP contribution in [0.15, 0.2) is 41.0 Å². The summed E-state index contributed by atoms with van der Waals surface area (Å²) in [4.78, 5) is 12.1. The second kappa shape index (κ2) is 6.60. The molecule has 0 aliphatic rings. The molecule has 2 rings (SSSR count). The van der Waals surface area contributed by atoms with Gasteiger partial charge in [0.25, 0.3) is 5.91 Å². The van der Waals surface area contributed by atoms with E-state index >= 15 is 0 Å². The van der Waals surface area contributed by atoms with Crippen molar-refractivity contribution in [1.82, 2.24) is 0 Å². The third kappa shape index (κ3) is 3.28. The van der Waals surface area contributed by atoms with Crippen LogP contribution >= 0.6 is 0 Å². The van der Waals surface area contributed by atoms with Crippen LogP contribution in [0.2, 0.25) is 0 Å². The third-order valence-corrected chi connectivity index (χ3v) is 2.79. The van der Waals surface area contributed by atoms with Gasteiger partial charge in [0.2, 0.25) is 0 Å². The number of hydrogen-bond donors (Lipinski definition) is 2. The minimum atomic E-state index is -0.170. The van der Waals surface area contributed by atoms with Gasteiger partial charge in [-0.3, -0.25) is 4.79 Å². The summed E-state index contributed by atoms with van der Waals surface area (Å²) in [5.41, 5.74) is 7.47. The molecule has 0 spiro atoms. The molecule has 0 bridgehead atoms. The monoisotopic (exact) mass is 268 g/mol. The van der Waals surface area contributed by atoms with Crippen LogP contribution in [-0.2, 0) is 6.42 Å². The van der Waals surface area contributed by atoms with E-state index in [0.717, 1.165) is 11.3 Å². The molecular formula is C16H16N2O2. The minimum absolute atomic E-state index is 0.170. The molecule has 2 aromatic rings. The Bertz CT molecular complexity index is 645. The summed E-state index contributed by atoms with van der Waals surface area (Å²) in [5.74, 6) is 6.23. The standard InChI is InChI=1S/C16H16N2O2/c1-2-15-14(9-11-20-15)16(19)18-13-7-5-12(6-8-13)4-3-10-17/h5-9,11H,2,10,17H2,1H3,(H,18,19). The van der Waals surface area contributed by atoms with Crippen molar-refractivity contribution in [3.63, 3.8) is 0 Å². The molecule has 0 aliphatic heterocycles. The molecule has 0 radical (unpaired) electrons. The van der Waals surface area contributed by atoms with Gasteiger partial charge in [-0.25, -0.2) is 0 Å². The van der Waals surface area contributed by atoms with Crippen LogP contribution in [0.1, 0.15) is 28.6 Å². The van der Waals surface area contributed by atoms with Gasteiger partial charge in [0.05, 0.1) is 18.4 Å². The topological polar surface area (TPSA) is 68.3 Å². The van der Waals surface area contributed by atoms with Crippen LogP contribution in [0.3, 0.4) is 0 Å². The Morgan fingerprint density at radius 1 is 1.30 bits per heavy atom. The SMILES string of the molecule is CCc1occc1C(=O)Nc1ccc(C#CCN)cc1. The Labute approximate surface area is 118 Å². The van der Waals surface area contributed by atoms with E-state index in [-0.39, 0.29) is 5.91 Å². The molecule has 20 heavy (non-hydrogen) atoms. The van der Waals surface area contributed by atoms with E-state index in [1.54, 1.807) is 6.07 Å². The zero-order valence-corrected chi connectivity index (χ0v) is 11.3. The first-order valence-electron chi connectivity index (χ1n) is 6.41. The summed E-state index contributed by atoms with van der Waals surface area (Å²) in [6.45, 7) is 2.28. The number of carbonyl (C=O) groups is 1. The molecule has 0 fully saturated rings. The van der Waals surface area contributed by atoms with Crippen LogP contribution < -0.4 is 11.1 Å². The molecule has 102 valence electrons. The number of hydrogen-bond acceptors (Lipinski definition) is 3. The molecule has 3 N–H and O–H groups in total. The van der Waals surface area contributed by atoms with Gasteiger partial charge in [-0.2, -0.15) is 0 Å². The normalized spacial score (nSPS) is 9.70. The first-order valence-corrected chi connectivity index (χ1v) is 6.41. The van der Waals surface area contributed by atoms with E-state index in [9.17, 15) is 4.79 Å². The largest absolute Gasteiger partial charge is 0.469 e. The Hall–Kier alpha value is -2.51. The lowest BCUT2D eigenvalue weighted by Crippen LogP contribution is -2.12. The summed E-state index contributed by atoms with van der Waals surface area (Å²) in [6.07, 6.45) is 2.21. The van der Waals surface area contributed by atoms with E-state index in [1.165, 1.54) is 6.26 Å². The molecule has 1 aromatic carbocycles. The number of benzene rings is 1. The fraction of sp³-hybridized carbons (Fsp3) is 0.188. The fourth-order valence-corrected chi connectivity index (χ4v) is 1.81. The molecule has 4 heteroatoms. The minimum Gasteiger partial charge on any atom is -0.469 e. The van der Waals surface area contributed by atoms with Gasteiger partial charge >= 0.3 is 0 Å². The Morgan fingerprint density at radius 3 is 2.70 bits per heavy atom. The number of nitrogens with one attached hydrogen (secondary N) is 1. The highest BCUT2D eigenvalue weighted by molar-refractivity contribution is 6.04. The van der Waals surface area contributed by atoms with Gasteiger partial charge in [-0.1, -0.05) is 18.8 Å². The second-order valence-electron chi connectivity index (χ2n) is 4.15. The van der Waals surface area contributed by atoms with Crippen molar-refractivity contribution in [2.24, 2.45) is 5.73 Å². The van der Waals surface area contributed by atoms with Crippen molar-refractivity contribution in [2.75, 3.05) is 11.9 Å². The maximum absolute atomic E-state index is 12.1. The number of amides is 1. The fourth-order valence-electron chi connectivity index (χ4n) is 1.81. The predicted molar refractivity (Wildman–Crippen MR) is 78.4 cm³/mol. The summed E-state index contributed by atoms with van der Waals surface area (Å²) in [5, 5.41) is 2.83. The van der Waals surface area contributed by atoms with E-state index in [4.69, 9.17) is 10.2 Å². The summed E-state index contributed by atoms with van der Waals surface area (Å²) < 4.78 is 5.25. The van der Waals surface area contributed by atoms with Gasteiger partial charge in [0, 0.05) is 17.7 Å². The van der Waals surface area contributed by atoms with E-state index in [1.807, 2.05) is 31.2 Å². The molecule has 0 saturated carbocycles. The first kappa shape index (κ1) is 13.9. The Morgan fingerprint density at radius 2 is 2.05 bits per heavy atom. The van der Waals surface area contributed by atoms with Gasteiger partial charge in [0.1, 0.15) is 5.76 Å². The number of carbonyl (C=O) groups excluding carboxylic acids is 1. The molecule has 1 amide bonds. The summed E-state index contributed by atoms with van der Waals surface area (Å²) in [7, 11) is 0. The Kier molecular flexibility index (Phi) is 4.59. The smallest absolute Gasteiger partial charge is 0.259 e. The van der Waals surface area contributed by atoms with Crippen molar-refractivity contribution in [2.45, 2.75) is 13.3 Å². The van der Waals surface area contributed by atoms with E-state index in [0.29, 0.717) is 24.3 Å². The average molecular weight is 268 g/mol. The maximum atomic E-state index is 12.1. The number of rotatable bonds is 3. The number of nitrogens with two attached hydrogens (primary N) is 1. The van der Waals surface area contributed by atoms with Crippen LogP contribution in [0.25, 0.3) is 0 Å². The quantitative estimate of drug-likeness (QED) is 0.840. The van der Waals surface area contributed by atoms with Crippen molar-refractivity contribution >= 4 is 11.6 Å². The molecular weight excluding hydrogens is 252 g/mol. The molecule has 4 nitrogen and oxygen atoms in total. The van der Waals surface area contributed by atoms with Crippen LogP contribution in [0, 0.1) is 11.8 Å². The highest BCUT2D eigenvalue weighted by Gasteiger charge is 2.13. The van der Waals surface area contributed by atoms with Gasteiger partial charge in [-0.15, -0.1) is 0 Å². The molecule has 0 atom stereocenters. The number of aryl methyl sites for hydroxylation is 1. The maximum Gasteiger partial charge on any atom is 0.259 e. The molecule has 1 aromatic heterocycles. The lowest BCUT2D eigenvalue weighted by atomic mass is 10.2. The van der Waals surface area contributed by atoms with Crippen LogP contribution in [0.4, 0.5) is 5.69 Å². The third-order valence-electron chi connectivity index (χ3n) is 2.79. The number of furan rings is 1. The molecule has 0 saturated heterocycles. The van der Waals surface area contributed by atoms with Gasteiger partial charge < -0.3 is 15.5 Å². The van der Waals surface area contributed by atoms with Gasteiger partial charge in [-0.05, 0) is 30.3 Å². The van der Waals surface area contributed by atoms with E-state index in [2.05, 4.69) is 17.2 Å². The molecule has 1 heterocycles. The highest BCUT2D eigenvalue weighted by atomic mass is 16.3. The van der Waals surface area contributed by atoms with E-state index < -0.39 is 0 Å². The first-order chi connectivity index (χ1) is 9.74. The van der Waals surface area contributed by atoms with Crippen molar-refractivity contribution in [3.8, 4) is 11.8 Å². The molecule has 0 unspecified atom stereocenters. The summed E-state index contributed by atoms with van der Waals surface area (Å²) in [6, 6.07) is 8.98. The number of anilines is 1. The van der Waals surface area contributed by atoms with Crippen molar-refractivity contribution in [1.29, 1.82) is 0 Å². The lowest BCUT2D eigenvalue weighted by Gasteiger charge is -2.04. The van der Waals surface area contributed by atoms with Crippen LogP contribution in [0.5, 0.6) is 0 Å². The van der Waals surface area contributed by atoms with Crippen LogP contribution in [-0.4, -0.2) is 12.5 Å².